The van der Waals surface area contributed by atoms with Crippen molar-refractivity contribution in [3.05, 3.63) is 47.5 Å². The molecule has 2 atom stereocenters. The van der Waals surface area contributed by atoms with Crippen LogP contribution in [0.15, 0.2) is 36.4 Å². The maximum absolute atomic E-state index is 13.2. The number of hydrogen-bond donors (Lipinski definition) is 0. The quantitative estimate of drug-likeness (QED) is 0.767. The second-order valence-electron chi connectivity index (χ2n) is 6.48. The lowest BCUT2D eigenvalue weighted by atomic mass is 9.92. The third-order valence-corrected chi connectivity index (χ3v) is 5.12. The van der Waals surface area contributed by atoms with E-state index in [4.69, 9.17) is 14.2 Å². The van der Waals surface area contributed by atoms with Gasteiger partial charge in [0, 0.05) is 17.7 Å². The Balaban J connectivity index is 2.17. The van der Waals surface area contributed by atoms with Crippen LogP contribution in [0.5, 0.6) is 17.2 Å². The van der Waals surface area contributed by atoms with Gasteiger partial charge in [0.05, 0.1) is 33.1 Å². The highest BCUT2D eigenvalue weighted by atomic mass is 16.5. The SMILES string of the molecule is CCC(C)C1c2ccccc2C(=O)N1c1cc(OC)c(OC)c(OC)c1. The zero-order valence-corrected chi connectivity index (χ0v) is 15.9. The van der Waals surface area contributed by atoms with Crippen LogP contribution < -0.4 is 19.1 Å². The third-order valence-electron chi connectivity index (χ3n) is 5.12. The molecule has 1 aliphatic heterocycles. The van der Waals surface area contributed by atoms with E-state index in [2.05, 4.69) is 13.8 Å². The summed E-state index contributed by atoms with van der Waals surface area (Å²) in [4.78, 5) is 15.0. The second-order valence-corrected chi connectivity index (χ2v) is 6.48. The first-order valence-corrected chi connectivity index (χ1v) is 8.79. The summed E-state index contributed by atoms with van der Waals surface area (Å²) < 4.78 is 16.3. The zero-order chi connectivity index (χ0) is 18.8. The first kappa shape index (κ1) is 18.1. The molecule has 0 radical (unpaired) electrons. The third kappa shape index (κ3) is 2.77. The van der Waals surface area contributed by atoms with Gasteiger partial charge in [-0.3, -0.25) is 4.79 Å². The van der Waals surface area contributed by atoms with E-state index in [0.29, 0.717) is 23.2 Å². The van der Waals surface area contributed by atoms with Crippen molar-refractivity contribution in [1.82, 2.24) is 0 Å². The highest BCUT2D eigenvalue weighted by molar-refractivity contribution is 6.11. The summed E-state index contributed by atoms with van der Waals surface area (Å²) in [5.74, 6) is 1.90. The predicted molar refractivity (Wildman–Crippen MR) is 102 cm³/mol. The predicted octanol–water partition coefficient (Wildman–Crippen LogP) is 4.46. The second kappa shape index (κ2) is 7.28. The van der Waals surface area contributed by atoms with Gasteiger partial charge in [-0.1, -0.05) is 38.5 Å². The van der Waals surface area contributed by atoms with Crippen molar-refractivity contribution in [3.8, 4) is 17.2 Å². The Morgan fingerprint density at radius 1 is 1.04 bits per heavy atom. The van der Waals surface area contributed by atoms with E-state index in [1.54, 1.807) is 21.3 Å². The van der Waals surface area contributed by atoms with Crippen LogP contribution in [0, 0.1) is 5.92 Å². The monoisotopic (exact) mass is 355 g/mol. The van der Waals surface area contributed by atoms with Gasteiger partial charge in [-0.05, 0) is 17.5 Å². The highest BCUT2D eigenvalue weighted by Gasteiger charge is 2.40. The van der Waals surface area contributed by atoms with Crippen LogP contribution in [-0.2, 0) is 0 Å². The number of carbonyl (C=O) groups is 1. The van der Waals surface area contributed by atoms with Crippen molar-refractivity contribution in [2.75, 3.05) is 26.2 Å². The number of methoxy groups -OCH3 is 3. The lowest BCUT2D eigenvalue weighted by molar-refractivity contribution is 0.0985. The van der Waals surface area contributed by atoms with E-state index in [1.165, 1.54) is 0 Å². The van der Waals surface area contributed by atoms with Crippen LogP contribution in [0.4, 0.5) is 5.69 Å². The molecular formula is C21H25NO4. The number of carbonyl (C=O) groups excluding carboxylic acids is 1. The lowest BCUT2D eigenvalue weighted by Gasteiger charge is -2.30. The number of rotatable bonds is 6. The molecule has 0 saturated heterocycles. The molecule has 0 N–H and O–H groups in total. The molecule has 1 amide bonds. The minimum absolute atomic E-state index is 0.000160. The number of benzene rings is 2. The zero-order valence-electron chi connectivity index (χ0n) is 15.9. The topological polar surface area (TPSA) is 48.0 Å². The van der Waals surface area contributed by atoms with Gasteiger partial charge in [0.15, 0.2) is 11.5 Å². The van der Waals surface area contributed by atoms with Crippen LogP contribution >= 0.6 is 0 Å². The van der Waals surface area contributed by atoms with Crippen LogP contribution in [-0.4, -0.2) is 27.2 Å². The normalized spacial score (nSPS) is 17.0. The van der Waals surface area contributed by atoms with Gasteiger partial charge in [0.2, 0.25) is 5.75 Å². The minimum atomic E-state index is -0.0218. The Labute approximate surface area is 154 Å². The minimum Gasteiger partial charge on any atom is -0.493 e. The summed E-state index contributed by atoms with van der Waals surface area (Å²) >= 11 is 0. The van der Waals surface area contributed by atoms with Crippen molar-refractivity contribution in [2.45, 2.75) is 26.3 Å². The van der Waals surface area contributed by atoms with Gasteiger partial charge in [0.1, 0.15) is 0 Å². The van der Waals surface area contributed by atoms with Crippen molar-refractivity contribution in [3.63, 3.8) is 0 Å². The maximum atomic E-state index is 13.2. The fourth-order valence-electron chi connectivity index (χ4n) is 3.61. The Kier molecular flexibility index (Phi) is 5.07. The molecule has 5 nitrogen and oxygen atoms in total. The molecular weight excluding hydrogens is 330 g/mol. The number of anilines is 1. The van der Waals surface area contributed by atoms with E-state index < -0.39 is 0 Å². The fraction of sp³-hybridized carbons (Fsp3) is 0.381. The molecule has 0 bridgehead atoms. The van der Waals surface area contributed by atoms with Crippen LogP contribution in [0.2, 0.25) is 0 Å². The van der Waals surface area contributed by atoms with Crippen LogP contribution in [0.1, 0.15) is 42.2 Å². The summed E-state index contributed by atoms with van der Waals surface area (Å²) in [7, 11) is 4.72. The van der Waals surface area contributed by atoms with E-state index in [-0.39, 0.29) is 11.9 Å². The smallest absolute Gasteiger partial charge is 0.259 e. The van der Waals surface area contributed by atoms with Crippen molar-refractivity contribution in [2.24, 2.45) is 5.92 Å². The van der Waals surface area contributed by atoms with E-state index in [0.717, 1.165) is 23.2 Å². The molecule has 2 aromatic carbocycles. The largest absolute Gasteiger partial charge is 0.493 e. The number of nitrogens with zero attached hydrogens (tertiary/aromatic N) is 1. The molecule has 0 fully saturated rings. The number of hydrogen-bond acceptors (Lipinski definition) is 4. The highest BCUT2D eigenvalue weighted by Crippen LogP contribution is 2.47. The van der Waals surface area contributed by atoms with Crippen molar-refractivity contribution < 1.29 is 19.0 Å². The molecule has 0 aromatic heterocycles. The Bertz CT molecular complexity index is 792. The molecule has 0 saturated carbocycles. The van der Waals surface area contributed by atoms with Crippen molar-refractivity contribution >= 4 is 11.6 Å². The average molecular weight is 355 g/mol. The fourth-order valence-corrected chi connectivity index (χ4v) is 3.61. The summed E-state index contributed by atoms with van der Waals surface area (Å²) in [5.41, 5.74) is 2.57. The molecule has 138 valence electrons. The summed E-state index contributed by atoms with van der Waals surface area (Å²) in [5, 5.41) is 0. The van der Waals surface area contributed by atoms with Gasteiger partial charge in [-0.2, -0.15) is 0 Å². The molecule has 2 unspecified atom stereocenters. The molecule has 1 heterocycles. The molecule has 1 aliphatic rings. The van der Waals surface area contributed by atoms with Crippen LogP contribution in [0.25, 0.3) is 0 Å². The molecule has 2 aromatic rings. The van der Waals surface area contributed by atoms with Crippen molar-refractivity contribution in [1.29, 1.82) is 0 Å². The number of fused-ring (bicyclic) bond motifs is 1. The lowest BCUT2D eigenvalue weighted by Crippen LogP contribution is -2.31. The maximum Gasteiger partial charge on any atom is 0.259 e. The first-order chi connectivity index (χ1) is 12.6. The van der Waals surface area contributed by atoms with E-state index in [1.807, 2.05) is 41.3 Å². The first-order valence-electron chi connectivity index (χ1n) is 8.79. The summed E-state index contributed by atoms with van der Waals surface area (Å²) in [6.45, 7) is 4.31. The number of ether oxygens (including phenoxy) is 3. The van der Waals surface area contributed by atoms with E-state index in [9.17, 15) is 4.79 Å². The van der Waals surface area contributed by atoms with Gasteiger partial charge in [-0.15, -0.1) is 0 Å². The Hall–Kier alpha value is -2.69. The molecule has 0 spiro atoms. The van der Waals surface area contributed by atoms with Gasteiger partial charge in [-0.25, -0.2) is 0 Å². The van der Waals surface area contributed by atoms with Gasteiger partial charge in [0.25, 0.3) is 5.91 Å². The molecule has 3 rings (SSSR count). The molecule has 26 heavy (non-hydrogen) atoms. The molecule has 5 heteroatoms. The summed E-state index contributed by atoms with van der Waals surface area (Å²) in [6.07, 6.45) is 0.965. The number of amides is 1. The Morgan fingerprint density at radius 3 is 2.19 bits per heavy atom. The van der Waals surface area contributed by atoms with Gasteiger partial charge < -0.3 is 19.1 Å². The Morgan fingerprint density at radius 2 is 1.65 bits per heavy atom. The van der Waals surface area contributed by atoms with Crippen LogP contribution in [0.3, 0.4) is 0 Å². The average Bonchev–Trinajstić information content (AvgIpc) is 2.99. The molecule has 0 aliphatic carbocycles. The summed E-state index contributed by atoms with van der Waals surface area (Å²) in [6, 6.07) is 11.5. The standard InChI is InChI=1S/C21H25NO4/c1-6-13(2)19-15-9-7-8-10-16(15)21(23)22(19)14-11-17(24-3)20(26-5)18(12-14)25-4/h7-13,19H,6H2,1-5H3. The van der Waals surface area contributed by atoms with E-state index >= 15 is 0 Å². The van der Waals surface area contributed by atoms with Gasteiger partial charge >= 0.3 is 0 Å².